The molecule has 0 fully saturated rings. The Morgan fingerprint density at radius 1 is 0.775 bits per heavy atom. The lowest BCUT2D eigenvalue weighted by molar-refractivity contribution is -0.187. The van der Waals surface area contributed by atoms with Crippen LogP contribution in [0, 0.1) is 34.9 Å². The largest absolute Gasteiger partial charge is 0.429 e. The predicted molar refractivity (Wildman–Crippen MR) is 129 cm³/mol. The second-order valence-electron chi connectivity index (χ2n) is 8.89. The Labute approximate surface area is 222 Å². The van der Waals surface area contributed by atoms with Crippen LogP contribution in [0.15, 0.2) is 54.6 Å². The molecule has 0 aliphatic heterocycles. The first-order valence-electron chi connectivity index (χ1n) is 12.1. The summed E-state index contributed by atoms with van der Waals surface area (Å²) < 4.78 is 123. The Bertz CT molecular complexity index is 1570. The fraction of sp³-hybridized carbons (Fsp3) is 0.207. The van der Waals surface area contributed by atoms with Crippen LogP contribution in [0.2, 0.25) is 0 Å². The molecule has 11 heteroatoms. The number of benzene rings is 4. The van der Waals surface area contributed by atoms with E-state index < -0.39 is 74.8 Å². The average molecular weight is 568 g/mol. The van der Waals surface area contributed by atoms with Crippen molar-refractivity contribution in [3.63, 3.8) is 0 Å². The van der Waals surface area contributed by atoms with Gasteiger partial charge in [-0.1, -0.05) is 31.9 Å². The highest BCUT2D eigenvalue weighted by Crippen LogP contribution is 2.38. The Morgan fingerprint density at radius 2 is 1.48 bits per heavy atom. The van der Waals surface area contributed by atoms with Crippen LogP contribution in [-0.4, -0.2) is 5.97 Å². The molecule has 0 atom stereocenters. The van der Waals surface area contributed by atoms with Gasteiger partial charge < -0.3 is 9.47 Å². The van der Waals surface area contributed by atoms with E-state index in [1.54, 1.807) is 12.1 Å². The van der Waals surface area contributed by atoms with E-state index >= 15 is 0 Å². The van der Waals surface area contributed by atoms with Gasteiger partial charge in [-0.3, -0.25) is 0 Å². The third kappa shape index (κ3) is 5.88. The number of unbranched alkanes of at least 4 members (excludes halogenated alkanes) is 2. The molecule has 4 rings (SSSR count). The second kappa shape index (κ2) is 11.5. The number of hydrogen-bond acceptors (Lipinski definition) is 3. The SMILES string of the molecule is CCCCCc1ccc(C(=O)Oc2ccc(C(F)(F)Oc3cc(F)c4c(F)c(F)c(F)cc4c3)c(F)c2F)cc1. The van der Waals surface area contributed by atoms with Gasteiger partial charge in [0.25, 0.3) is 0 Å². The summed E-state index contributed by atoms with van der Waals surface area (Å²) in [5, 5.41) is -1.69. The minimum absolute atomic E-state index is 0.0166. The van der Waals surface area contributed by atoms with Crippen molar-refractivity contribution < 1.29 is 49.4 Å². The molecular weight excluding hydrogens is 548 g/mol. The van der Waals surface area contributed by atoms with Crippen LogP contribution in [0.4, 0.5) is 35.1 Å². The molecule has 3 nitrogen and oxygen atoms in total. The van der Waals surface area contributed by atoms with Gasteiger partial charge >= 0.3 is 12.1 Å². The van der Waals surface area contributed by atoms with Crippen LogP contribution in [0.5, 0.6) is 11.5 Å². The monoisotopic (exact) mass is 568 g/mol. The number of carbonyl (C=O) groups excluding carboxylic acids is 1. The van der Waals surface area contributed by atoms with Crippen molar-refractivity contribution in [2.75, 3.05) is 0 Å². The maximum absolute atomic E-state index is 14.8. The summed E-state index contributed by atoms with van der Waals surface area (Å²) in [6.07, 6.45) is -0.805. The lowest BCUT2D eigenvalue weighted by Crippen LogP contribution is -2.24. The van der Waals surface area contributed by atoms with Crippen LogP contribution in [0.3, 0.4) is 0 Å². The summed E-state index contributed by atoms with van der Waals surface area (Å²) >= 11 is 0. The molecule has 0 saturated heterocycles. The number of esters is 1. The molecule has 210 valence electrons. The summed E-state index contributed by atoms with van der Waals surface area (Å²) in [7, 11) is 0. The molecule has 0 bridgehead atoms. The number of ether oxygens (including phenoxy) is 2. The molecule has 0 saturated carbocycles. The molecule has 0 unspecified atom stereocenters. The van der Waals surface area contributed by atoms with Crippen LogP contribution >= 0.6 is 0 Å². The lowest BCUT2D eigenvalue weighted by atomic mass is 10.1. The third-order valence-electron chi connectivity index (χ3n) is 6.07. The third-order valence-corrected chi connectivity index (χ3v) is 6.07. The molecule has 0 spiro atoms. The maximum atomic E-state index is 14.8. The maximum Gasteiger partial charge on any atom is 0.429 e. The first-order valence-corrected chi connectivity index (χ1v) is 12.1. The molecule has 0 heterocycles. The lowest BCUT2D eigenvalue weighted by Gasteiger charge is -2.20. The number of aryl methyl sites for hydroxylation is 1. The van der Waals surface area contributed by atoms with Gasteiger partial charge in [-0.15, -0.1) is 0 Å². The van der Waals surface area contributed by atoms with Crippen molar-refractivity contribution in [3.05, 3.63) is 106 Å². The Hall–Kier alpha value is -4.15. The van der Waals surface area contributed by atoms with Crippen LogP contribution < -0.4 is 9.47 Å². The summed E-state index contributed by atoms with van der Waals surface area (Å²) in [6, 6.07) is 8.36. The smallest absolute Gasteiger partial charge is 0.429 e. The van der Waals surface area contributed by atoms with Crippen molar-refractivity contribution in [2.24, 2.45) is 0 Å². The van der Waals surface area contributed by atoms with Gasteiger partial charge in [0.1, 0.15) is 17.1 Å². The second-order valence-corrected chi connectivity index (χ2v) is 8.89. The van der Waals surface area contributed by atoms with Gasteiger partial charge in [0.2, 0.25) is 5.82 Å². The minimum Gasteiger partial charge on any atom is -0.429 e. The molecule has 0 N–H and O–H groups in total. The van der Waals surface area contributed by atoms with E-state index in [1.807, 2.05) is 0 Å². The molecule has 40 heavy (non-hydrogen) atoms. The normalized spacial score (nSPS) is 11.6. The fourth-order valence-electron chi connectivity index (χ4n) is 4.00. The van der Waals surface area contributed by atoms with Gasteiger partial charge in [0, 0.05) is 6.07 Å². The van der Waals surface area contributed by atoms with E-state index in [4.69, 9.17) is 4.74 Å². The van der Waals surface area contributed by atoms with E-state index in [9.17, 15) is 39.9 Å². The summed E-state index contributed by atoms with van der Waals surface area (Å²) in [5.74, 6) is -14.2. The van der Waals surface area contributed by atoms with Crippen LogP contribution in [-0.2, 0) is 12.5 Å². The van der Waals surface area contributed by atoms with Crippen LogP contribution in [0.25, 0.3) is 10.8 Å². The van der Waals surface area contributed by atoms with Crippen LogP contribution in [0.1, 0.15) is 47.7 Å². The molecule has 4 aromatic carbocycles. The first-order chi connectivity index (χ1) is 18.9. The van der Waals surface area contributed by atoms with Gasteiger partial charge in [0.05, 0.1) is 10.9 Å². The zero-order valence-corrected chi connectivity index (χ0v) is 20.8. The van der Waals surface area contributed by atoms with E-state index in [1.165, 1.54) is 12.1 Å². The molecule has 4 aromatic rings. The zero-order valence-electron chi connectivity index (χ0n) is 20.8. The fourth-order valence-corrected chi connectivity index (χ4v) is 4.00. The highest BCUT2D eigenvalue weighted by molar-refractivity contribution is 5.91. The average Bonchev–Trinajstić information content (AvgIpc) is 2.89. The Kier molecular flexibility index (Phi) is 8.32. The van der Waals surface area contributed by atoms with E-state index in [-0.39, 0.29) is 11.6 Å². The van der Waals surface area contributed by atoms with Gasteiger partial charge in [-0.2, -0.15) is 13.2 Å². The van der Waals surface area contributed by atoms with E-state index in [0.717, 1.165) is 31.2 Å². The topological polar surface area (TPSA) is 35.5 Å². The first kappa shape index (κ1) is 28.8. The van der Waals surface area contributed by atoms with Crippen molar-refractivity contribution in [2.45, 2.75) is 38.7 Å². The van der Waals surface area contributed by atoms with Gasteiger partial charge in [-0.25, -0.2) is 26.7 Å². The Balaban J connectivity index is 1.54. The number of rotatable bonds is 9. The van der Waals surface area contributed by atoms with Gasteiger partial charge in [-0.05, 0) is 60.2 Å². The summed E-state index contributed by atoms with van der Waals surface area (Å²) in [5.41, 5.74) is -0.663. The quantitative estimate of drug-likeness (QED) is 0.0666. The standard InChI is InChI=1S/C29H20F8O3/c1-2-3-4-5-15-6-8-16(9-7-15)28(38)39-22-11-10-19(24(32)26(22)34)29(36,37)40-18-12-17-13-21(31)25(33)27(35)23(17)20(30)14-18/h6-14H,2-5H2,1H3. The highest BCUT2D eigenvalue weighted by atomic mass is 19.3. The molecule has 0 aliphatic rings. The minimum atomic E-state index is -4.63. The molecule has 0 aromatic heterocycles. The van der Waals surface area contributed by atoms with Crippen molar-refractivity contribution in [1.29, 1.82) is 0 Å². The van der Waals surface area contributed by atoms with Crippen molar-refractivity contribution >= 4 is 16.7 Å². The molecular formula is C29H20F8O3. The van der Waals surface area contributed by atoms with E-state index in [0.29, 0.717) is 24.3 Å². The zero-order chi connectivity index (χ0) is 29.2. The number of alkyl halides is 2. The number of hydrogen-bond donors (Lipinski definition) is 0. The number of carbonyl (C=O) groups is 1. The number of halogens is 8. The van der Waals surface area contributed by atoms with Crippen molar-refractivity contribution in [1.82, 2.24) is 0 Å². The van der Waals surface area contributed by atoms with Crippen molar-refractivity contribution in [3.8, 4) is 11.5 Å². The summed E-state index contributed by atoms with van der Waals surface area (Å²) in [4.78, 5) is 12.4. The summed E-state index contributed by atoms with van der Waals surface area (Å²) in [6.45, 7) is 2.06. The predicted octanol–water partition coefficient (Wildman–Crippen LogP) is 8.75. The molecule has 0 aliphatic carbocycles. The van der Waals surface area contributed by atoms with E-state index in [2.05, 4.69) is 11.7 Å². The molecule has 0 radical (unpaired) electrons. The number of fused-ring (bicyclic) bond motifs is 1. The molecule has 0 amide bonds. The highest BCUT2D eigenvalue weighted by Gasteiger charge is 2.40. The van der Waals surface area contributed by atoms with Gasteiger partial charge in [0.15, 0.2) is 29.0 Å². The Morgan fingerprint density at radius 3 is 2.15 bits per heavy atom.